The molecule has 1 aliphatic heterocycles. The van der Waals surface area contributed by atoms with Crippen LogP contribution in [0.3, 0.4) is 0 Å². The number of nitrogens with two attached hydrogens (primary N) is 1. The van der Waals surface area contributed by atoms with E-state index in [9.17, 15) is 4.79 Å². The van der Waals surface area contributed by atoms with Gasteiger partial charge in [0.2, 0.25) is 5.91 Å². The van der Waals surface area contributed by atoms with Crippen LogP contribution in [0.1, 0.15) is 38.5 Å². The minimum absolute atomic E-state index is 0.220. The Morgan fingerprint density at radius 1 is 1.11 bits per heavy atom. The molecule has 0 spiro atoms. The fraction of sp³-hybridized carbons (Fsp3) is 0.929. The number of hydrogen-bond acceptors (Lipinski definition) is 3. The van der Waals surface area contributed by atoms with E-state index in [-0.39, 0.29) is 5.91 Å². The predicted molar refractivity (Wildman–Crippen MR) is 71.1 cm³/mol. The molecule has 2 fully saturated rings. The van der Waals surface area contributed by atoms with Crippen LogP contribution in [0.5, 0.6) is 0 Å². The summed E-state index contributed by atoms with van der Waals surface area (Å²) in [6.07, 6.45) is 6.52. The lowest BCUT2D eigenvalue weighted by Gasteiger charge is -2.27. The summed E-state index contributed by atoms with van der Waals surface area (Å²) >= 11 is 0. The molecular weight excluding hydrogens is 228 g/mol. The SMILES string of the molecule is NCC1CCC(CC(=O)NCC2CCOC2)CC1. The first-order valence-electron chi connectivity index (χ1n) is 7.32. The van der Waals surface area contributed by atoms with E-state index in [4.69, 9.17) is 10.5 Å². The molecular formula is C14H26N2O2. The van der Waals surface area contributed by atoms with Gasteiger partial charge in [-0.3, -0.25) is 4.79 Å². The van der Waals surface area contributed by atoms with Crippen LogP contribution in [0, 0.1) is 17.8 Å². The Hall–Kier alpha value is -0.610. The Kier molecular flexibility index (Phi) is 5.45. The zero-order chi connectivity index (χ0) is 12.8. The Morgan fingerprint density at radius 2 is 1.83 bits per heavy atom. The fourth-order valence-electron chi connectivity index (χ4n) is 3.01. The summed E-state index contributed by atoms with van der Waals surface area (Å²) in [6, 6.07) is 0. The van der Waals surface area contributed by atoms with Crippen LogP contribution in [0.25, 0.3) is 0 Å². The number of rotatable bonds is 5. The van der Waals surface area contributed by atoms with Crippen molar-refractivity contribution < 1.29 is 9.53 Å². The smallest absolute Gasteiger partial charge is 0.220 e. The van der Waals surface area contributed by atoms with Crippen molar-refractivity contribution in [1.29, 1.82) is 0 Å². The third-order valence-electron chi connectivity index (χ3n) is 4.39. The van der Waals surface area contributed by atoms with Gasteiger partial charge in [-0.15, -0.1) is 0 Å². The van der Waals surface area contributed by atoms with Gasteiger partial charge in [0.25, 0.3) is 0 Å². The summed E-state index contributed by atoms with van der Waals surface area (Å²) in [5.74, 6) is 2.02. The molecule has 2 aliphatic rings. The summed E-state index contributed by atoms with van der Waals surface area (Å²) < 4.78 is 5.30. The summed E-state index contributed by atoms with van der Waals surface area (Å²) in [5, 5.41) is 3.05. The molecule has 4 nitrogen and oxygen atoms in total. The molecule has 1 aliphatic carbocycles. The lowest BCUT2D eigenvalue weighted by atomic mass is 9.80. The number of carbonyl (C=O) groups is 1. The highest BCUT2D eigenvalue weighted by atomic mass is 16.5. The zero-order valence-electron chi connectivity index (χ0n) is 11.2. The minimum atomic E-state index is 0.220. The van der Waals surface area contributed by atoms with E-state index in [2.05, 4.69) is 5.32 Å². The van der Waals surface area contributed by atoms with Gasteiger partial charge in [0, 0.05) is 25.5 Å². The lowest BCUT2D eigenvalue weighted by Crippen LogP contribution is -2.32. The topological polar surface area (TPSA) is 64.4 Å². The Morgan fingerprint density at radius 3 is 2.44 bits per heavy atom. The molecule has 104 valence electrons. The van der Waals surface area contributed by atoms with Crippen molar-refractivity contribution in [2.24, 2.45) is 23.5 Å². The van der Waals surface area contributed by atoms with Crippen molar-refractivity contribution in [1.82, 2.24) is 5.32 Å². The fourth-order valence-corrected chi connectivity index (χ4v) is 3.01. The Balaban J connectivity index is 1.59. The summed E-state index contributed by atoms with van der Waals surface area (Å²) in [5.41, 5.74) is 5.68. The summed E-state index contributed by atoms with van der Waals surface area (Å²) in [7, 11) is 0. The monoisotopic (exact) mass is 254 g/mol. The van der Waals surface area contributed by atoms with E-state index in [0.29, 0.717) is 24.2 Å². The van der Waals surface area contributed by atoms with E-state index in [1.165, 1.54) is 25.7 Å². The van der Waals surface area contributed by atoms with Gasteiger partial charge in [0.15, 0.2) is 0 Å². The van der Waals surface area contributed by atoms with Crippen LogP contribution in [-0.4, -0.2) is 32.2 Å². The summed E-state index contributed by atoms with van der Waals surface area (Å²) in [6.45, 7) is 3.25. The normalized spacial score (nSPS) is 32.4. The molecule has 1 saturated heterocycles. The van der Waals surface area contributed by atoms with Crippen LogP contribution in [0.2, 0.25) is 0 Å². The number of hydrogen-bond donors (Lipinski definition) is 2. The van der Waals surface area contributed by atoms with Crippen molar-refractivity contribution in [2.75, 3.05) is 26.3 Å². The first-order valence-corrected chi connectivity index (χ1v) is 7.32. The van der Waals surface area contributed by atoms with Crippen LogP contribution in [0.4, 0.5) is 0 Å². The number of amides is 1. The molecule has 1 heterocycles. The van der Waals surface area contributed by atoms with Crippen molar-refractivity contribution >= 4 is 5.91 Å². The third-order valence-corrected chi connectivity index (χ3v) is 4.39. The van der Waals surface area contributed by atoms with Gasteiger partial charge in [0.1, 0.15) is 0 Å². The maximum atomic E-state index is 11.8. The molecule has 1 unspecified atom stereocenters. The second kappa shape index (κ2) is 7.10. The minimum Gasteiger partial charge on any atom is -0.381 e. The molecule has 0 aromatic carbocycles. The second-order valence-electron chi connectivity index (χ2n) is 5.86. The molecule has 0 radical (unpaired) electrons. The predicted octanol–water partition coefficient (Wildman–Crippen LogP) is 1.29. The van der Waals surface area contributed by atoms with Gasteiger partial charge in [0.05, 0.1) is 6.61 Å². The molecule has 0 aromatic rings. The van der Waals surface area contributed by atoms with Crippen LogP contribution in [0.15, 0.2) is 0 Å². The Bertz CT molecular complexity index is 257. The van der Waals surface area contributed by atoms with E-state index in [1.807, 2.05) is 0 Å². The largest absolute Gasteiger partial charge is 0.381 e. The van der Waals surface area contributed by atoms with Gasteiger partial charge in [-0.05, 0) is 50.5 Å². The molecule has 1 saturated carbocycles. The quantitative estimate of drug-likeness (QED) is 0.777. The maximum absolute atomic E-state index is 11.8. The highest BCUT2D eigenvalue weighted by Crippen LogP contribution is 2.30. The van der Waals surface area contributed by atoms with Gasteiger partial charge >= 0.3 is 0 Å². The first kappa shape index (κ1) is 13.8. The molecule has 18 heavy (non-hydrogen) atoms. The van der Waals surface area contributed by atoms with Crippen molar-refractivity contribution in [3.05, 3.63) is 0 Å². The molecule has 0 aromatic heterocycles. The van der Waals surface area contributed by atoms with E-state index in [0.717, 1.165) is 32.7 Å². The van der Waals surface area contributed by atoms with Crippen molar-refractivity contribution in [2.45, 2.75) is 38.5 Å². The highest BCUT2D eigenvalue weighted by Gasteiger charge is 2.23. The van der Waals surface area contributed by atoms with Crippen molar-refractivity contribution in [3.63, 3.8) is 0 Å². The lowest BCUT2D eigenvalue weighted by molar-refractivity contribution is -0.122. The van der Waals surface area contributed by atoms with Crippen LogP contribution in [-0.2, 0) is 9.53 Å². The van der Waals surface area contributed by atoms with E-state index >= 15 is 0 Å². The number of ether oxygens (including phenoxy) is 1. The van der Waals surface area contributed by atoms with Gasteiger partial charge in [-0.1, -0.05) is 0 Å². The van der Waals surface area contributed by atoms with Gasteiger partial charge in [-0.2, -0.15) is 0 Å². The van der Waals surface area contributed by atoms with Gasteiger partial charge < -0.3 is 15.8 Å². The van der Waals surface area contributed by atoms with Crippen LogP contribution >= 0.6 is 0 Å². The van der Waals surface area contributed by atoms with Gasteiger partial charge in [-0.25, -0.2) is 0 Å². The van der Waals surface area contributed by atoms with E-state index in [1.54, 1.807) is 0 Å². The number of carbonyl (C=O) groups excluding carboxylic acids is 1. The molecule has 3 N–H and O–H groups in total. The highest BCUT2D eigenvalue weighted by molar-refractivity contribution is 5.76. The third kappa shape index (κ3) is 4.25. The average Bonchev–Trinajstić information content (AvgIpc) is 2.90. The molecule has 0 bridgehead atoms. The van der Waals surface area contributed by atoms with Crippen LogP contribution < -0.4 is 11.1 Å². The first-order chi connectivity index (χ1) is 8.78. The molecule has 1 atom stereocenters. The number of nitrogens with one attached hydrogen (secondary N) is 1. The van der Waals surface area contributed by atoms with Crippen molar-refractivity contribution in [3.8, 4) is 0 Å². The zero-order valence-corrected chi connectivity index (χ0v) is 11.2. The molecule has 4 heteroatoms. The van der Waals surface area contributed by atoms with E-state index < -0.39 is 0 Å². The second-order valence-corrected chi connectivity index (χ2v) is 5.86. The summed E-state index contributed by atoms with van der Waals surface area (Å²) in [4.78, 5) is 11.8. The molecule has 1 amide bonds. The standard InChI is InChI=1S/C14H26N2O2/c15-8-12-3-1-11(2-4-12)7-14(17)16-9-13-5-6-18-10-13/h11-13H,1-10,15H2,(H,16,17). The average molecular weight is 254 g/mol. The molecule has 2 rings (SSSR count). The maximum Gasteiger partial charge on any atom is 0.220 e. The Labute approximate surface area is 110 Å².